The van der Waals surface area contributed by atoms with Crippen LogP contribution in [0.4, 0.5) is 0 Å². The van der Waals surface area contributed by atoms with Gasteiger partial charge in [-0.2, -0.15) is 0 Å². The highest BCUT2D eigenvalue weighted by Gasteiger charge is 2.15. The highest BCUT2D eigenvalue weighted by molar-refractivity contribution is 7.89. The van der Waals surface area contributed by atoms with E-state index in [1.807, 2.05) is 0 Å². The first-order valence-electron chi connectivity index (χ1n) is 6.00. The Morgan fingerprint density at radius 3 is 2.52 bits per heavy atom. The number of sulfonamides is 1. The van der Waals surface area contributed by atoms with E-state index in [0.717, 1.165) is 5.56 Å². The van der Waals surface area contributed by atoms with E-state index in [4.69, 9.17) is 27.9 Å². The van der Waals surface area contributed by atoms with Crippen molar-refractivity contribution < 1.29 is 13.2 Å². The molecule has 0 atom stereocenters. The molecule has 112 valence electrons. The zero-order valence-electron chi connectivity index (χ0n) is 11.1. The smallest absolute Gasteiger partial charge is 0.240 e. The monoisotopic (exact) mass is 345 g/mol. The average Bonchev–Trinajstić information content (AvgIpc) is 2.48. The van der Waals surface area contributed by atoms with Crippen molar-refractivity contribution in [3.63, 3.8) is 0 Å². The van der Waals surface area contributed by atoms with E-state index in [-0.39, 0.29) is 16.5 Å². The van der Waals surface area contributed by atoms with Crippen LogP contribution in [0.25, 0.3) is 0 Å². The van der Waals surface area contributed by atoms with Crippen LogP contribution in [0.15, 0.2) is 47.4 Å². The Morgan fingerprint density at radius 2 is 1.86 bits per heavy atom. The lowest BCUT2D eigenvalue weighted by Crippen LogP contribution is -2.23. The topological polar surface area (TPSA) is 55.4 Å². The first-order valence-corrected chi connectivity index (χ1v) is 8.24. The number of benzene rings is 2. The summed E-state index contributed by atoms with van der Waals surface area (Å²) >= 11 is 11.6. The average molecular weight is 346 g/mol. The maximum Gasteiger partial charge on any atom is 0.240 e. The zero-order valence-corrected chi connectivity index (χ0v) is 13.5. The predicted molar refractivity (Wildman–Crippen MR) is 83.5 cm³/mol. The summed E-state index contributed by atoms with van der Waals surface area (Å²) in [4.78, 5) is 0.0693. The molecule has 0 spiro atoms. The van der Waals surface area contributed by atoms with Gasteiger partial charge in [0, 0.05) is 6.54 Å². The molecule has 0 unspecified atom stereocenters. The molecule has 0 fully saturated rings. The van der Waals surface area contributed by atoms with E-state index >= 15 is 0 Å². The highest BCUT2D eigenvalue weighted by atomic mass is 35.5. The Bertz CT molecular complexity index is 748. The van der Waals surface area contributed by atoms with Crippen LogP contribution in [-0.2, 0) is 16.6 Å². The maximum absolute atomic E-state index is 12.2. The van der Waals surface area contributed by atoms with Gasteiger partial charge in [-0.1, -0.05) is 35.3 Å². The third-order valence-corrected chi connectivity index (χ3v) is 4.94. The van der Waals surface area contributed by atoms with Crippen LogP contribution in [0.3, 0.4) is 0 Å². The van der Waals surface area contributed by atoms with E-state index in [9.17, 15) is 8.42 Å². The summed E-state index contributed by atoms with van der Waals surface area (Å²) < 4.78 is 32.0. The molecule has 7 heteroatoms. The zero-order chi connectivity index (χ0) is 15.5. The molecule has 0 aromatic heterocycles. The second-order valence-corrected chi connectivity index (χ2v) is 6.83. The fourth-order valence-electron chi connectivity index (χ4n) is 1.69. The molecular weight excluding hydrogens is 333 g/mol. The molecule has 0 aliphatic carbocycles. The second-order valence-electron chi connectivity index (χ2n) is 4.25. The Kier molecular flexibility index (Phi) is 5.11. The van der Waals surface area contributed by atoms with Crippen LogP contribution in [0.1, 0.15) is 5.56 Å². The minimum atomic E-state index is -3.65. The van der Waals surface area contributed by atoms with Crippen molar-refractivity contribution >= 4 is 33.2 Å². The molecule has 0 aliphatic heterocycles. The Morgan fingerprint density at radius 1 is 1.10 bits per heavy atom. The van der Waals surface area contributed by atoms with Gasteiger partial charge in [-0.25, -0.2) is 13.1 Å². The molecule has 2 rings (SSSR count). The number of rotatable bonds is 5. The molecule has 21 heavy (non-hydrogen) atoms. The molecule has 0 saturated carbocycles. The van der Waals surface area contributed by atoms with E-state index in [2.05, 4.69) is 4.72 Å². The summed E-state index contributed by atoms with van der Waals surface area (Å²) in [5.41, 5.74) is 0.790. The first kappa shape index (κ1) is 16.1. The maximum atomic E-state index is 12.2. The van der Waals surface area contributed by atoms with E-state index < -0.39 is 10.0 Å². The van der Waals surface area contributed by atoms with Gasteiger partial charge in [-0.3, -0.25) is 0 Å². The molecule has 2 aromatic rings. The van der Waals surface area contributed by atoms with Gasteiger partial charge >= 0.3 is 0 Å². The Labute approximate surface area is 133 Å². The Balaban J connectivity index is 2.15. The highest BCUT2D eigenvalue weighted by Crippen LogP contribution is 2.24. The number of halogens is 2. The summed E-state index contributed by atoms with van der Waals surface area (Å²) in [5, 5.41) is 0.504. The van der Waals surface area contributed by atoms with Crippen molar-refractivity contribution in [2.75, 3.05) is 7.11 Å². The van der Waals surface area contributed by atoms with Gasteiger partial charge in [-0.05, 0) is 35.9 Å². The minimum Gasteiger partial charge on any atom is -0.497 e. The summed E-state index contributed by atoms with van der Waals surface area (Å²) in [6.45, 7) is 0.153. The predicted octanol–water partition coefficient (Wildman–Crippen LogP) is 3.48. The van der Waals surface area contributed by atoms with Gasteiger partial charge < -0.3 is 4.74 Å². The molecule has 0 bridgehead atoms. The summed E-state index contributed by atoms with van der Waals surface area (Å²) in [6.07, 6.45) is 0. The number of hydrogen-bond donors (Lipinski definition) is 1. The summed E-state index contributed by atoms with van der Waals surface area (Å²) in [6, 6.07) is 11.3. The SMILES string of the molecule is COc1cccc(CNS(=O)(=O)c2ccc(Cl)c(Cl)c2)c1. The van der Waals surface area contributed by atoms with E-state index in [1.165, 1.54) is 18.2 Å². The van der Waals surface area contributed by atoms with Gasteiger partial charge in [-0.15, -0.1) is 0 Å². The molecule has 0 saturated heterocycles. The van der Waals surface area contributed by atoms with Crippen molar-refractivity contribution in [3.05, 3.63) is 58.1 Å². The quantitative estimate of drug-likeness (QED) is 0.902. The van der Waals surface area contributed by atoms with Crippen LogP contribution in [0.2, 0.25) is 10.0 Å². The van der Waals surface area contributed by atoms with Crippen LogP contribution in [0.5, 0.6) is 5.75 Å². The van der Waals surface area contributed by atoms with Crippen molar-refractivity contribution in [1.82, 2.24) is 4.72 Å². The lowest BCUT2D eigenvalue weighted by atomic mass is 10.2. The first-order chi connectivity index (χ1) is 9.92. The minimum absolute atomic E-state index is 0.0693. The van der Waals surface area contributed by atoms with Gasteiger partial charge in [0.25, 0.3) is 0 Å². The normalized spacial score (nSPS) is 11.4. The largest absolute Gasteiger partial charge is 0.497 e. The molecule has 2 aromatic carbocycles. The molecule has 1 N–H and O–H groups in total. The van der Waals surface area contributed by atoms with Crippen molar-refractivity contribution in [3.8, 4) is 5.75 Å². The molecule has 0 radical (unpaired) electrons. The summed E-state index contributed by atoms with van der Waals surface area (Å²) in [5.74, 6) is 0.668. The van der Waals surface area contributed by atoms with Gasteiger partial charge in [0.05, 0.1) is 22.1 Å². The fourth-order valence-corrected chi connectivity index (χ4v) is 3.09. The molecule has 4 nitrogen and oxygen atoms in total. The third-order valence-electron chi connectivity index (χ3n) is 2.80. The van der Waals surface area contributed by atoms with E-state index in [1.54, 1.807) is 31.4 Å². The van der Waals surface area contributed by atoms with Crippen molar-refractivity contribution in [1.29, 1.82) is 0 Å². The van der Waals surface area contributed by atoms with E-state index in [0.29, 0.717) is 10.8 Å². The Hall–Kier alpha value is -1.27. The van der Waals surface area contributed by atoms with Gasteiger partial charge in [0.15, 0.2) is 0 Å². The lowest BCUT2D eigenvalue weighted by Gasteiger charge is -2.08. The lowest BCUT2D eigenvalue weighted by molar-refractivity contribution is 0.414. The van der Waals surface area contributed by atoms with Gasteiger partial charge in [0.1, 0.15) is 5.75 Å². The van der Waals surface area contributed by atoms with Gasteiger partial charge in [0.2, 0.25) is 10.0 Å². The van der Waals surface area contributed by atoms with Crippen molar-refractivity contribution in [2.24, 2.45) is 0 Å². The number of ether oxygens (including phenoxy) is 1. The van der Waals surface area contributed by atoms with Crippen LogP contribution in [0, 0.1) is 0 Å². The van der Waals surface area contributed by atoms with Crippen molar-refractivity contribution in [2.45, 2.75) is 11.4 Å². The number of methoxy groups -OCH3 is 1. The number of nitrogens with one attached hydrogen (secondary N) is 1. The van der Waals surface area contributed by atoms with Crippen LogP contribution < -0.4 is 9.46 Å². The third kappa shape index (κ3) is 4.11. The fraction of sp³-hybridized carbons (Fsp3) is 0.143. The molecule has 0 aliphatic rings. The molecular formula is C14H13Cl2NO3S. The molecule has 0 heterocycles. The number of hydrogen-bond acceptors (Lipinski definition) is 3. The van der Waals surface area contributed by atoms with Crippen LogP contribution in [-0.4, -0.2) is 15.5 Å². The summed E-state index contributed by atoms with van der Waals surface area (Å²) in [7, 11) is -2.10. The second kappa shape index (κ2) is 6.66. The van der Waals surface area contributed by atoms with Crippen LogP contribution >= 0.6 is 23.2 Å². The molecule has 0 amide bonds. The standard InChI is InChI=1S/C14H13Cl2NO3S/c1-20-11-4-2-3-10(7-11)9-17-21(18,19)12-5-6-13(15)14(16)8-12/h2-8,17H,9H2,1H3.